The first kappa shape index (κ1) is 23.7. The fourth-order valence-corrected chi connectivity index (χ4v) is 3.87. The van der Waals surface area contributed by atoms with E-state index >= 15 is 0 Å². The average Bonchev–Trinajstić information content (AvgIpc) is 2.80. The summed E-state index contributed by atoms with van der Waals surface area (Å²) in [4.78, 5) is 36.8. The monoisotopic (exact) mass is 477 g/mol. The summed E-state index contributed by atoms with van der Waals surface area (Å²) >= 11 is 0. The number of anilines is 2. The standard InChI is InChI=1S/C26H24FN3O5/c1-6-21(31)28-17-7-8-20(35-23-13(2)9-16(27)10-14(23)3)18(11-17)19-12-30(5)26(33)22-24(19)34-15(4)25(32)29-22/h6-12,15H,1H2,2-5H3,(H,28,31)(H,29,32). The number of hydrogen-bond donors (Lipinski definition) is 2. The molecule has 0 aliphatic carbocycles. The Morgan fingerprint density at radius 1 is 1.20 bits per heavy atom. The van der Waals surface area contributed by atoms with Crippen molar-refractivity contribution in [2.45, 2.75) is 26.9 Å². The number of carbonyl (C=O) groups excluding carboxylic acids is 2. The van der Waals surface area contributed by atoms with Crippen molar-refractivity contribution in [3.63, 3.8) is 0 Å². The van der Waals surface area contributed by atoms with Gasteiger partial charge in [0.15, 0.2) is 17.5 Å². The SMILES string of the molecule is C=CC(=O)Nc1ccc(Oc2c(C)cc(F)cc2C)c(-c2cn(C)c(=O)c3c2OC(C)C(=O)N3)c1. The molecule has 180 valence electrons. The van der Waals surface area contributed by atoms with Crippen molar-refractivity contribution >= 4 is 23.2 Å². The molecule has 0 bridgehead atoms. The molecule has 0 fully saturated rings. The molecule has 1 aromatic heterocycles. The number of aryl methyl sites for hydroxylation is 3. The van der Waals surface area contributed by atoms with E-state index in [9.17, 15) is 18.8 Å². The van der Waals surface area contributed by atoms with Gasteiger partial charge in [0, 0.05) is 30.1 Å². The molecule has 0 radical (unpaired) electrons. The largest absolute Gasteiger partial charge is 0.478 e. The molecule has 3 aromatic rings. The summed E-state index contributed by atoms with van der Waals surface area (Å²) in [6, 6.07) is 7.70. The minimum Gasteiger partial charge on any atom is -0.478 e. The second kappa shape index (κ2) is 9.09. The van der Waals surface area contributed by atoms with E-state index < -0.39 is 23.5 Å². The summed E-state index contributed by atoms with van der Waals surface area (Å²) in [6.07, 6.45) is 1.88. The molecule has 1 unspecified atom stereocenters. The maximum absolute atomic E-state index is 13.9. The summed E-state index contributed by atoms with van der Waals surface area (Å²) < 4.78 is 27.3. The highest BCUT2D eigenvalue weighted by Crippen LogP contribution is 2.44. The first-order valence-corrected chi connectivity index (χ1v) is 10.8. The number of benzene rings is 2. The zero-order chi connectivity index (χ0) is 25.4. The average molecular weight is 477 g/mol. The van der Waals surface area contributed by atoms with Crippen LogP contribution in [0.25, 0.3) is 11.1 Å². The number of amides is 2. The third-order valence-electron chi connectivity index (χ3n) is 5.60. The number of rotatable bonds is 5. The molecule has 2 aromatic carbocycles. The number of carbonyl (C=O) groups is 2. The number of pyridine rings is 1. The molecule has 1 aliphatic heterocycles. The van der Waals surface area contributed by atoms with Gasteiger partial charge in [-0.25, -0.2) is 4.39 Å². The van der Waals surface area contributed by atoms with Gasteiger partial charge in [-0.3, -0.25) is 14.4 Å². The molecule has 1 atom stereocenters. The van der Waals surface area contributed by atoms with Crippen LogP contribution in [-0.4, -0.2) is 22.5 Å². The van der Waals surface area contributed by atoms with Gasteiger partial charge in [0.2, 0.25) is 5.91 Å². The van der Waals surface area contributed by atoms with Gasteiger partial charge in [-0.1, -0.05) is 6.58 Å². The number of fused-ring (bicyclic) bond motifs is 1. The Labute approximate surface area is 201 Å². The lowest BCUT2D eigenvalue weighted by atomic mass is 10.0. The maximum atomic E-state index is 13.9. The van der Waals surface area contributed by atoms with E-state index in [0.717, 1.165) is 6.08 Å². The van der Waals surface area contributed by atoms with Crippen LogP contribution in [0.5, 0.6) is 17.2 Å². The van der Waals surface area contributed by atoms with Crippen LogP contribution >= 0.6 is 0 Å². The fourth-order valence-electron chi connectivity index (χ4n) is 3.87. The third-order valence-corrected chi connectivity index (χ3v) is 5.60. The van der Waals surface area contributed by atoms with Crippen molar-refractivity contribution in [3.05, 3.63) is 76.5 Å². The van der Waals surface area contributed by atoms with Crippen molar-refractivity contribution in [1.29, 1.82) is 0 Å². The molecular weight excluding hydrogens is 453 g/mol. The maximum Gasteiger partial charge on any atom is 0.277 e. The highest BCUT2D eigenvalue weighted by Gasteiger charge is 2.30. The van der Waals surface area contributed by atoms with Gasteiger partial charge in [0.05, 0.1) is 0 Å². The van der Waals surface area contributed by atoms with Gasteiger partial charge in [-0.2, -0.15) is 0 Å². The molecule has 0 saturated carbocycles. The van der Waals surface area contributed by atoms with E-state index in [0.29, 0.717) is 39.4 Å². The highest BCUT2D eigenvalue weighted by molar-refractivity contribution is 6.01. The zero-order valence-electron chi connectivity index (χ0n) is 19.7. The first-order valence-electron chi connectivity index (χ1n) is 10.8. The quantitative estimate of drug-likeness (QED) is 0.530. The predicted molar refractivity (Wildman–Crippen MR) is 131 cm³/mol. The van der Waals surface area contributed by atoms with Crippen LogP contribution in [-0.2, 0) is 16.6 Å². The van der Waals surface area contributed by atoms with Crippen LogP contribution in [0, 0.1) is 19.7 Å². The Morgan fingerprint density at radius 3 is 2.54 bits per heavy atom. The number of hydrogen-bond acceptors (Lipinski definition) is 5. The summed E-state index contributed by atoms with van der Waals surface area (Å²) in [6.45, 7) is 8.51. The first-order chi connectivity index (χ1) is 16.6. The van der Waals surface area contributed by atoms with Crippen LogP contribution < -0.4 is 25.7 Å². The van der Waals surface area contributed by atoms with E-state index in [1.54, 1.807) is 52.2 Å². The summed E-state index contributed by atoms with van der Waals surface area (Å²) in [5.74, 6) is -0.197. The van der Waals surface area contributed by atoms with Gasteiger partial charge >= 0.3 is 0 Å². The van der Waals surface area contributed by atoms with Gasteiger partial charge in [-0.15, -0.1) is 0 Å². The lowest BCUT2D eigenvalue weighted by molar-refractivity contribution is -0.122. The lowest BCUT2D eigenvalue weighted by Crippen LogP contribution is -2.38. The van der Waals surface area contributed by atoms with Gasteiger partial charge in [-0.05, 0) is 68.3 Å². The Hall–Kier alpha value is -4.40. The molecule has 4 rings (SSSR count). The molecular formula is C26H24FN3O5. The van der Waals surface area contributed by atoms with Crippen molar-refractivity contribution in [3.8, 4) is 28.4 Å². The molecule has 9 heteroatoms. The second-order valence-corrected chi connectivity index (χ2v) is 8.29. The third kappa shape index (κ3) is 4.52. The predicted octanol–water partition coefficient (Wildman–Crippen LogP) is 4.44. The molecule has 2 amide bonds. The molecule has 1 aliphatic rings. The molecule has 2 heterocycles. The number of nitrogens with zero attached hydrogens (tertiary/aromatic N) is 1. The molecule has 35 heavy (non-hydrogen) atoms. The van der Waals surface area contributed by atoms with Crippen molar-refractivity contribution < 1.29 is 23.5 Å². The lowest BCUT2D eigenvalue weighted by Gasteiger charge is -2.26. The summed E-state index contributed by atoms with van der Waals surface area (Å²) in [5, 5.41) is 5.32. The topological polar surface area (TPSA) is 98.7 Å². The van der Waals surface area contributed by atoms with Crippen LogP contribution in [0.2, 0.25) is 0 Å². The van der Waals surface area contributed by atoms with E-state index in [-0.39, 0.29) is 17.3 Å². The van der Waals surface area contributed by atoms with E-state index in [4.69, 9.17) is 9.47 Å². The number of aromatic nitrogens is 1. The summed E-state index contributed by atoms with van der Waals surface area (Å²) in [5.41, 5.74) is 2.14. The van der Waals surface area contributed by atoms with Crippen LogP contribution in [0.3, 0.4) is 0 Å². The number of halogens is 1. The van der Waals surface area contributed by atoms with E-state index in [1.807, 2.05) is 0 Å². The molecule has 8 nitrogen and oxygen atoms in total. The molecule has 2 N–H and O–H groups in total. The van der Waals surface area contributed by atoms with Crippen LogP contribution in [0.4, 0.5) is 15.8 Å². The Balaban J connectivity index is 1.95. The number of nitrogens with one attached hydrogen (secondary N) is 2. The zero-order valence-corrected chi connectivity index (χ0v) is 19.7. The fraction of sp³-hybridized carbons (Fsp3) is 0.192. The van der Waals surface area contributed by atoms with Crippen molar-refractivity contribution in [2.75, 3.05) is 10.6 Å². The normalized spacial score (nSPS) is 14.4. The Kier molecular flexibility index (Phi) is 6.17. The van der Waals surface area contributed by atoms with Crippen LogP contribution in [0.15, 0.2) is 54.0 Å². The van der Waals surface area contributed by atoms with Gasteiger partial charge in [0.1, 0.15) is 17.3 Å². The van der Waals surface area contributed by atoms with Crippen molar-refractivity contribution in [2.24, 2.45) is 7.05 Å². The molecule has 0 spiro atoms. The van der Waals surface area contributed by atoms with E-state index in [1.165, 1.54) is 16.7 Å². The summed E-state index contributed by atoms with van der Waals surface area (Å²) in [7, 11) is 1.55. The highest BCUT2D eigenvalue weighted by atomic mass is 19.1. The smallest absolute Gasteiger partial charge is 0.277 e. The van der Waals surface area contributed by atoms with Crippen LogP contribution in [0.1, 0.15) is 18.1 Å². The Morgan fingerprint density at radius 2 is 1.89 bits per heavy atom. The van der Waals surface area contributed by atoms with Gasteiger partial charge in [0.25, 0.3) is 11.5 Å². The minimum absolute atomic E-state index is 0.00808. The second-order valence-electron chi connectivity index (χ2n) is 8.29. The Bertz CT molecular complexity index is 1420. The van der Waals surface area contributed by atoms with E-state index in [2.05, 4.69) is 17.2 Å². The van der Waals surface area contributed by atoms with Crippen molar-refractivity contribution in [1.82, 2.24) is 4.57 Å². The van der Waals surface area contributed by atoms with Gasteiger partial charge < -0.3 is 24.7 Å². The number of ether oxygens (including phenoxy) is 2. The molecule has 0 saturated heterocycles. The minimum atomic E-state index is -0.831.